The molecule has 1 atom stereocenters. The predicted molar refractivity (Wildman–Crippen MR) is 66.0 cm³/mol. The Morgan fingerprint density at radius 3 is 3.29 bits per heavy atom. The Bertz CT molecular complexity index is 521. The number of aromatic nitrogens is 4. The van der Waals surface area contributed by atoms with E-state index in [1.165, 1.54) is 6.42 Å². The standard InChI is InChI=1S/C11H14N4OS/c1-15-10-9(5-14-15)11(13-7-12-10)17-6-8-3-2-4-16-8/h5,7-8H,2-4,6H2,1H3. The van der Waals surface area contributed by atoms with Gasteiger partial charge in [-0.25, -0.2) is 9.97 Å². The fourth-order valence-corrected chi connectivity index (χ4v) is 3.03. The second kappa shape index (κ2) is 4.62. The molecule has 0 N–H and O–H groups in total. The van der Waals surface area contributed by atoms with Crippen molar-refractivity contribution in [2.45, 2.75) is 24.0 Å². The molecule has 6 heteroatoms. The van der Waals surface area contributed by atoms with Crippen LogP contribution in [0.3, 0.4) is 0 Å². The van der Waals surface area contributed by atoms with Crippen LogP contribution in [-0.4, -0.2) is 38.2 Å². The Balaban J connectivity index is 1.79. The second-order valence-corrected chi connectivity index (χ2v) is 5.14. The summed E-state index contributed by atoms with van der Waals surface area (Å²) >= 11 is 1.73. The van der Waals surface area contributed by atoms with Crippen molar-refractivity contribution in [1.29, 1.82) is 0 Å². The van der Waals surface area contributed by atoms with Gasteiger partial charge in [0.05, 0.1) is 17.7 Å². The van der Waals surface area contributed by atoms with Crippen LogP contribution in [0.1, 0.15) is 12.8 Å². The Morgan fingerprint density at radius 2 is 2.47 bits per heavy atom. The van der Waals surface area contributed by atoms with Crippen molar-refractivity contribution in [3.63, 3.8) is 0 Å². The summed E-state index contributed by atoms with van der Waals surface area (Å²) in [5.41, 5.74) is 0.884. The fraction of sp³-hybridized carbons (Fsp3) is 0.545. The monoisotopic (exact) mass is 250 g/mol. The minimum atomic E-state index is 0.377. The fourth-order valence-electron chi connectivity index (χ4n) is 2.00. The van der Waals surface area contributed by atoms with E-state index in [1.807, 2.05) is 13.2 Å². The number of fused-ring (bicyclic) bond motifs is 1. The van der Waals surface area contributed by atoms with E-state index >= 15 is 0 Å². The van der Waals surface area contributed by atoms with Crippen LogP contribution in [0, 0.1) is 0 Å². The van der Waals surface area contributed by atoms with Gasteiger partial charge in [0.15, 0.2) is 5.65 Å². The lowest BCUT2D eigenvalue weighted by molar-refractivity contribution is 0.129. The van der Waals surface area contributed by atoms with Crippen LogP contribution in [0.15, 0.2) is 17.6 Å². The molecule has 3 heterocycles. The predicted octanol–water partition coefficient (Wildman–Crippen LogP) is 1.63. The van der Waals surface area contributed by atoms with Crippen LogP contribution in [0.2, 0.25) is 0 Å². The number of nitrogens with zero attached hydrogens (tertiary/aromatic N) is 4. The van der Waals surface area contributed by atoms with Crippen molar-refractivity contribution in [1.82, 2.24) is 19.7 Å². The number of aryl methyl sites for hydroxylation is 1. The number of ether oxygens (including phenoxy) is 1. The highest BCUT2D eigenvalue weighted by Crippen LogP contribution is 2.27. The maximum atomic E-state index is 5.61. The summed E-state index contributed by atoms with van der Waals surface area (Å²) in [4.78, 5) is 8.55. The molecule has 0 aromatic carbocycles. The molecule has 1 aliphatic rings. The zero-order chi connectivity index (χ0) is 11.7. The normalized spacial score (nSPS) is 20.2. The quantitative estimate of drug-likeness (QED) is 0.612. The van der Waals surface area contributed by atoms with Crippen molar-refractivity contribution >= 4 is 22.8 Å². The Morgan fingerprint density at radius 1 is 1.53 bits per heavy atom. The van der Waals surface area contributed by atoms with E-state index in [9.17, 15) is 0 Å². The highest BCUT2D eigenvalue weighted by Gasteiger charge is 2.17. The molecule has 2 aromatic heterocycles. The molecule has 0 spiro atoms. The van der Waals surface area contributed by atoms with E-state index in [0.717, 1.165) is 34.8 Å². The van der Waals surface area contributed by atoms with Gasteiger partial charge in [-0.2, -0.15) is 5.10 Å². The largest absolute Gasteiger partial charge is 0.377 e. The minimum absolute atomic E-state index is 0.377. The first kappa shape index (κ1) is 11.0. The molecule has 0 radical (unpaired) electrons. The van der Waals surface area contributed by atoms with E-state index in [0.29, 0.717) is 6.10 Å². The highest BCUT2D eigenvalue weighted by atomic mass is 32.2. The van der Waals surface area contributed by atoms with Crippen LogP contribution in [0.25, 0.3) is 11.0 Å². The number of hydrogen-bond donors (Lipinski definition) is 0. The second-order valence-electron chi connectivity index (χ2n) is 4.13. The summed E-state index contributed by atoms with van der Waals surface area (Å²) in [6, 6.07) is 0. The third-order valence-corrected chi connectivity index (χ3v) is 4.06. The highest BCUT2D eigenvalue weighted by molar-refractivity contribution is 7.99. The van der Waals surface area contributed by atoms with Gasteiger partial charge in [0.25, 0.3) is 0 Å². The van der Waals surface area contributed by atoms with Crippen LogP contribution in [0.4, 0.5) is 0 Å². The first-order valence-electron chi connectivity index (χ1n) is 5.71. The lowest BCUT2D eigenvalue weighted by atomic mass is 10.3. The average Bonchev–Trinajstić information content (AvgIpc) is 2.97. The SMILES string of the molecule is Cn1ncc2c(SCC3CCCO3)ncnc21. The number of hydrogen-bond acceptors (Lipinski definition) is 5. The van der Waals surface area contributed by atoms with E-state index in [1.54, 1.807) is 22.8 Å². The molecule has 0 bridgehead atoms. The van der Waals surface area contributed by atoms with Gasteiger partial charge < -0.3 is 4.74 Å². The van der Waals surface area contributed by atoms with Crippen molar-refractivity contribution in [2.75, 3.05) is 12.4 Å². The zero-order valence-electron chi connectivity index (χ0n) is 9.67. The van der Waals surface area contributed by atoms with Crippen LogP contribution < -0.4 is 0 Å². The summed E-state index contributed by atoms with van der Waals surface area (Å²) in [5, 5.41) is 6.23. The maximum Gasteiger partial charge on any atom is 0.162 e. The molecule has 17 heavy (non-hydrogen) atoms. The van der Waals surface area contributed by atoms with Gasteiger partial charge in [0.1, 0.15) is 11.4 Å². The molecular weight excluding hydrogens is 236 g/mol. The summed E-state index contributed by atoms with van der Waals surface area (Å²) in [6.07, 6.45) is 6.14. The van der Waals surface area contributed by atoms with E-state index in [-0.39, 0.29) is 0 Å². The topological polar surface area (TPSA) is 52.8 Å². The van der Waals surface area contributed by atoms with Gasteiger partial charge in [-0.1, -0.05) is 0 Å². The molecule has 2 aromatic rings. The van der Waals surface area contributed by atoms with E-state index in [4.69, 9.17) is 4.74 Å². The molecule has 0 saturated carbocycles. The van der Waals surface area contributed by atoms with Crippen LogP contribution in [0.5, 0.6) is 0 Å². The lowest BCUT2D eigenvalue weighted by Crippen LogP contribution is -2.08. The first-order valence-corrected chi connectivity index (χ1v) is 6.70. The van der Waals surface area contributed by atoms with Crippen LogP contribution in [-0.2, 0) is 11.8 Å². The minimum Gasteiger partial charge on any atom is -0.377 e. The van der Waals surface area contributed by atoms with E-state index < -0.39 is 0 Å². The van der Waals surface area contributed by atoms with Crippen LogP contribution >= 0.6 is 11.8 Å². The summed E-state index contributed by atoms with van der Waals surface area (Å²) in [5.74, 6) is 0.959. The third kappa shape index (κ3) is 2.14. The van der Waals surface area contributed by atoms with Gasteiger partial charge in [-0.3, -0.25) is 4.68 Å². The molecule has 3 rings (SSSR count). The molecule has 1 fully saturated rings. The van der Waals surface area contributed by atoms with Gasteiger partial charge >= 0.3 is 0 Å². The smallest absolute Gasteiger partial charge is 0.162 e. The van der Waals surface area contributed by atoms with Crippen molar-refractivity contribution in [2.24, 2.45) is 7.05 Å². The molecule has 0 aliphatic carbocycles. The first-order chi connectivity index (χ1) is 8.34. The Hall–Kier alpha value is -1.14. The number of rotatable bonds is 3. The average molecular weight is 250 g/mol. The Kier molecular flexibility index (Phi) is 2.98. The zero-order valence-corrected chi connectivity index (χ0v) is 10.5. The third-order valence-electron chi connectivity index (χ3n) is 2.92. The molecule has 1 unspecified atom stereocenters. The Labute approximate surface area is 104 Å². The van der Waals surface area contributed by atoms with Crippen molar-refractivity contribution in [3.8, 4) is 0 Å². The molecule has 5 nitrogen and oxygen atoms in total. The molecule has 0 amide bonds. The molecule has 90 valence electrons. The van der Waals surface area contributed by atoms with Gasteiger partial charge in [-0.15, -0.1) is 11.8 Å². The molecular formula is C11H14N4OS. The van der Waals surface area contributed by atoms with Gasteiger partial charge in [0.2, 0.25) is 0 Å². The number of thioether (sulfide) groups is 1. The lowest BCUT2D eigenvalue weighted by Gasteiger charge is -2.08. The summed E-state index contributed by atoms with van der Waals surface area (Å²) in [7, 11) is 1.89. The maximum absolute atomic E-state index is 5.61. The summed E-state index contributed by atoms with van der Waals surface area (Å²) < 4.78 is 7.38. The van der Waals surface area contributed by atoms with Gasteiger partial charge in [0, 0.05) is 19.4 Å². The molecule has 1 saturated heterocycles. The van der Waals surface area contributed by atoms with Crippen molar-refractivity contribution in [3.05, 3.63) is 12.5 Å². The van der Waals surface area contributed by atoms with Crippen molar-refractivity contribution < 1.29 is 4.74 Å². The van der Waals surface area contributed by atoms with E-state index in [2.05, 4.69) is 15.1 Å². The van der Waals surface area contributed by atoms with Gasteiger partial charge in [-0.05, 0) is 12.8 Å². The summed E-state index contributed by atoms with van der Waals surface area (Å²) in [6.45, 7) is 0.900. The molecule has 1 aliphatic heterocycles.